The summed E-state index contributed by atoms with van der Waals surface area (Å²) in [6.45, 7) is 4.37. The molecule has 0 saturated heterocycles. The number of anilines is 1. The number of rotatable bonds is 4. The number of halogens is 1. The number of aromatic nitrogens is 2. The fourth-order valence-electron chi connectivity index (χ4n) is 2.53. The zero-order valence-corrected chi connectivity index (χ0v) is 14.2. The third-order valence-electron chi connectivity index (χ3n) is 3.69. The van der Waals surface area contributed by atoms with E-state index in [0.29, 0.717) is 28.6 Å². The average molecular weight is 344 g/mol. The minimum atomic E-state index is -0.391. The minimum absolute atomic E-state index is 0.156. The van der Waals surface area contributed by atoms with Gasteiger partial charge in [-0.2, -0.15) is 0 Å². The number of amides is 1. The summed E-state index contributed by atoms with van der Waals surface area (Å²) in [6, 6.07) is 2.91. The van der Waals surface area contributed by atoms with E-state index in [1.165, 1.54) is 23.6 Å². The number of benzene rings is 1. The molecule has 0 atom stereocenters. The van der Waals surface area contributed by atoms with E-state index < -0.39 is 5.82 Å². The zero-order chi connectivity index (χ0) is 17.3. The van der Waals surface area contributed by atoms with Gasteiger partial charge in [0.25, 0.3) is 5.91 Å². The molecule has 0 aliphatic heterocycles. The molecule has 0 unspecified atom stereocenters. The quantitative estimate of drug-likeness (QED) is 0.759. The maximum atomic E-state index is 14.4. The molecule has 0 saturated carbocycles. The molecule has 0 aliphatic rings. The maximum Gasteiger partial charge on any atom is 0.272 e. The number of carbonyl (C=O) groups excluding carboxylic acids is 1. The fourth-order valence-corrected chi connectivity index (χ4v) is 3.13. The van der Waals surface area contributed by atoms with Gasteiger partial charge in [0.1, 0.15) is 5.82 Å². The molecule has 124 valence electrons. The summed E-state index contributed by atoms with van der Waals surface area (Å²) < 4.78 is 14.4. The lowest BCUT2D eigenvalue weighted by Crippen LogP contribution is -2.26. The van der Waals surface area contributed by atoms with Crippen molar-refractivity contribution < 1.29 is 9.18 Å². The fraction of sp³-hybridized carbons (Fsp3) is 0.235. The molecule has 3 aromatic rings. The maximum absolute atomic E-state index is 14.4. The van der Waals surface area contributed by atoms with Crippen LogP contribution < -0.4 is 11.1 Å². The van der Waals surface area contributed by atoms with Gasteiger partial charge in [0, 0.05) is 34.5 Å². The summed E-state index contributed by atoms with van der Waals surface area (Å²) in [5.74, 6) is -0.719. The van der Waals surface area contributed by atoms with Crippen LogP contribution in [0.4, 0.5) is 10.1 Å². The number of pyridine rings is 1. The highest BCUT2D eigenvalue weighted by atomic mass is 32.1. The Morgan fingerprint density at radius 2 is 2.17 bits per heavy atom. The SMILES string of the molecule is CCCNC(=O)c1ncc2c(-c3csc(C)n3)c(F)ccc2c1N. The lowest BCUT2D eigenvalue weighted by atomic mass is 10.0. The Balaban J connectivity index is 2.17. The van der Waals surface area contributed by atoms with Crippen molar-refractivity contribution in [1.29, 1.82) is 0 Å². The Labute approximate surface area is 142 Å². The molecule has 0 aliphatic carbocycles. The van der Waals surface area contributed by atoms with E-state index in [0.717, 1.165) is 11.4 Å². The lowest BCUT2D eigenvalue weighted by molar-refractivity contribution is 0.0950. The molecule has 1 aromatic carbocycles. The van der Waals surface area contributed by atoms with E-state index in [9.17, 15) is 9.18 Å². The van der Waals surface area contributed by atoms with Crippen LogP contribution in [-0.4, -0.2) is 22.4 Å². The molecule has 24 heavy (non-hydrogen) atoms. The number of thiazole rings is 1. The Hall–Kier alpha value is -2.54. The number of nitrogens with two attached hydrogens (primary N) is 1. The molecule has 3 rings (SSSR count). The van der Waals surface area contributed by atoms with Crippen LogP contribution in [0.2, 0.25) is 0 Å². The number of aryl methyl sites for hydroxylation is 1. The number of carbonyl (C=O) groups is 1. The molecule has 1 amide bonds. The first-order valence-corrected chi connectivity index (χ1v) is 8.48. The first kappa shape index (κ1) is 16.3. The predicted molar refractivity (Wildman–Crippen MR) is 94.6 cm³/mol. The molecule has 2 aromatic heterocycles. The van der Waals surface area contributed by atoms with Gasteiger partial charge in [0.2, 0.25) is 0 Å². The van der Waals surface area contributed by atoms with E-state index in [2.05, 4.69) is 15.3 Å². The van der Waals surface area contributed by atoms with Crippen molar-refractivity contribution in [3.05, 3.63) is 40.2 Å². The number of nitrogens with one attached hydrogen (secondary N) is 1. The Bertz CT molecular complexity index is 922. The summed E-state index contributed by atoms with van der Waals surface area (Å²) >= 11 is 1.44. The van der Waals surface area contributed by atoms with Gasteiger partial charge in [-0.3, -0.25) is 4.79 Å². The Morgan fingerprint density at radius 3 is 2.83 bits per heavy atom. The normalized spacial score (nSPS) is 11.0. The van der Waals surface area contributed by atoms with Crippen LogP contribution >= 0.6 is 11.3 Å². The predicted octanol–water partition coefficient (Wildman–Crippen LogP) is 3.53. The number of nitrogen functional groups attached to an aromatic ring is 1. The van der Waals surface area contributed by atoms with Crippen molar-refractivity contribution in [3.63, 3.8) is 0 Å². The Morgan fingerprint density at radius 1 is 1.38 bits per heavy atom. The van der Waals surface area contributed by atoms with Crippen LogP contribution in [0.15, 0.2) is 23.7 Å². The van der Waals surface area contributed by atoms with Crippen LogP contribution in [0.25, 0.3) is 22.0 Å². The topological polar surface area (TPSA) is 80.9 Å². The van der Waals surface area contributed by atoms with Gasteiger partial charge in [0.05, 0.1) is 16.4 Å². The van der Waals surface area contributed by atoms with Gasteiger partial charge < -0.3 is 11.1 Å². The number of hydrogen-bond donors (Lipinski definition) is 2. The van der Waals surface area contributed by atoms with E-state index in [-0.39, 0.29) is 17.3 Å². The largest absolute Gasteiger partial charge is 0.396 e. The molecule has 0 spiro atoms. The number of hydrogen-bond acceptors (Lipinski definition) is 5. The number of fused-ring (bicyclic) bond motifs is 1. The van der Waals surface area contributed by atoms with Gasteiger partial charge in [-0.1, -0.05) is 6.92 Å². The summed E-state index contributed by atoms with van der Waals surface area (Å²) in [6.07, 6.45) is 2.30. The third-order valence-corrected chi connectivity index (χ3v) is 4.46. The third kappa shape index (κ3) is 2.82. The standard InChI is InChI=1S/C17H17FN4OS/c1-3-6-20-17(23)16-15(19)10-4-5-12(18)14(11(10)7-21-16)13-8-24-9(2)22-13/h4-5,7-8H,3,6,19H2,1-2H3,(H,20,23). The molecule has 2 heterocycles. The minimum Gasteiger partial charge on any atom is -0.396 e. The molecule has 7 heteroatoms. The molecule has 3 N–H and O–H groups in total. The van der Waals surface area contributed by atoms with Gasteiger partial charge in [-0.15, -0.1) is 11.3 Å². The average Bonchev–Trinajstić information content (AvgIpc) is 2.98. The molecule has 0 radical (unpaired) electrons. The van der Waals surface area contributed by atoms with E-state index >= 15 is 0 Å². The molecular formula is C17H17FN4OS. The van der Waals surface area contributed by atoms with Gasteiger partial charge in [-0.25, -0.2) is 14.4 Å². The number of nitrogens with zero attached hydrogens (tertiary/aromatic N) is 2. The van der Waals surface area contributed by atoms with Crippen LogP contribution in [0.3, 0.4) is 0 Å². The monoisotopic (exact) mass is 344 g/mol. The van der Waals surface area contributed by atoms with Crippen LogP contribution in [0.5, 0.6) is 0 Å². The van der Waals surface area contributed by atoms with Crippen LogP contribution in [0.1, 0.15) is 28.8 Å². The Kier molecular flexibility index (Phi) is 4.44. The van der Waals surface area contributed by atoms with Gasteiger partial charge in [-0.05, 0) is 25.5 Å². The smallest absolute Gasteiger partial charge is 0.272 e. The lowest BCUT2D eigenvalue weighted by Gasteiger charge is -2.11. The summed E-state index contributed by atoms with van der Waals surface area (Å²) in [4.78, 5) is 20.7. The molecular weight excluding hydrogens is 327 g/mol. The van der Waals surface area contributed by atoms with Crippen molar-refractivity contribution in [3.8, 4) is 11.3 Å². The second kappa shape index (κ2) is 6.52. The highest BCUT2D eigenvalue weighted by Gasteiger charge is 2.18. The van der Waals surface area contributed by atoms with Crippen molar-refractivity contribution in [2.75, 3.05) is 12.3 Å². The first-order valence-electron chi connectivity index (χ1n) is 7.60. The van der Waals surface area contributed by atoms with Gasteiger partial charge >= 0.3 is 0 Å². The van der Waals surface area contributed by atoms with Crippen LogP contribution in [0, 0.1) is 12.7 Å². The van der Waals surface area contributed by atoms with Gasteiger partial charge in [0.15, 0.2) is 5.69 Å². The molecule has 0 bridgehead atoms. The van der Waals surface area contributed by atoms with Crippen molar-refractivity contribution in [2.45, 2.75) is 20.3 Å². The molecule has 0 fully saturated rings. The summed E-state index contributed by atoms with van der Waals surface area (Å²) in [5.41, 5.74) is 7.43. The summed E-state index contributed by atoms with van der Waals surface area (Å²) in [7, 11) is 0. The van der Waals surface area contributed by atoms with Crippen molar-refractivity contribution in [2.24, 2.45) is 0 Å². The zero-order valence-electron chi connectivity index (χ0n) is 13.4. The van der Waals surface area contributed by atoms with Crippen molar-refractivity contribution in [1.82, 2.24) is 15.3 Å². The molecule has 5 nitrogen and oxygen atoms in total. The van der Waals surface area contributed by atoms with E-state index in [1.807, 2.05) is 13.8 Å². The second-order valence-corrected chi connectivity index (χ2v) is 6.47. The first-order chi connectivity index (χ1) is 11.5. The van der Waals surface area contributed by atoms with Crippen molar-refractivity contribution >= 4 is 33.7 Å². The highest BCUT2D eigenvalue weighted by Crippen LogP contribution is 2.34. The highest BCUT2D eigenvalue weighted by molar-refractivity contribution is 7.09. The second-order valence-electron chi connectivity index (χ2n) is 5.41. The van der Waals surface area contributed by atoms with E-state index in [4.69, 9.17) is 5.73 Å². The van der Waals surface area contributed by atoms with Crippen LogP contribution in [-0.2, 0) is 0 Å². The summed E-state index contributed by atoms with van der Waals surface area (Å²) in [5, 5.41) is 6.53. The van der Waals surface area contributed by atoms with E-state index in [1.54, 1.807) is 11.4 Å².